The Bertz CT molecular complexity index is 751. The van der Waals surface area contributed by atoms with Gasteiger partial charge in [-0.2, -0.15) is 0 Å². The van der Waals surface area contributed by atoms with Gasteiger partial charge in [0.2, 0.25) is 0 Å². The third-order valence-electron chi connectivity index (χ3n) is 3.99. The van der Waals surface area contributed by atoms with Crippen LogP contribution >= 0.6 is 0 Å². The zero-order valence-corrected chi connectivity index (χ0v) is 13.6. The first kappa shape index (κ1) is 17.1. The predicted molar refractivity (Wildman–Crippen MR) is 94.2 cm³/mol. The standard InChI is InChI=1S/C18H20N4O3/c19-11-15-4-5-16(25-15)18(24)22-14-3-1-2-12(10-14)17(23)21-13-6-8-20-9-7-13/h1-3,6-10,15-16H,4-5,11,19H2,(H,22,24)(H,20,21,23)/t15-,16+/m1/s1. The number of pyridine rings is 1. The number of hydrogen-bond acceptors (Lipinski definition) is 5. The summed E-state index contributed by atoms with van der Waals surface area (Å²) in [6.45, 7) is 0.411. The molecular formula is C18H20N4O3. The summed E-state index contributed by atoms with van der Waals surface area (Å²) in [5, 5.41) is 5.57. The average Bonchev–Trinajstić information content (AvgIpc) is 3.12. The minimum atomic E-state index is -0.497. The van der Waals surface area contributed by atoms with Crippen molar-refractivity contribution in [2.75, 3.05) is 17.2 Å². The molecule has 0 saturated carbocycles. The number of carbonyl (C=O) groups excluding carboxylic acids is 2. The molecule has 1 fully saturated rings. The Morgan fingerprint density at radius 1 is 1.12 bits per heavy atom. The van der Waals surface area contributed by atoms with Crippen LogP contribution in [-0.4, -0.2) is 35.6 Å². The Morgan fingerprint density at radius 3 is 2.64 bits per heavy atom. The molecule has 2 atom stereocenters. The lowest BCUT2D eigenvalue weighted by Crippen LogP contribution is -2.29. The number of nitrogens with zero attached hydrogens (tertiary/aromatic N) is 1. The highest BCUT2D eigenvalue weighted by atomic mass is 16.5. The number of benzene rings is 1. The maximum Gasteiger partial charge on any atom is 0.255 e. The van der Waals surface area contributed by atoms with Gasteiger partial charge in [-0.1, -0.05) is 6.07 Å². The van der Waals surface area contributed by atoms with E-state index in [1.807, 2.05) is 0 Å². The van der Waals surface area contributed by atoms with Crippen molar-refractivity contribution >= 4 is 23.2 Å². The van der Waals surface area contributed by atoms with Crippen molar-refractivity contribution in [1.82, 2.24) is 4.98 Å². The molecule has 0 aliphatic carbocycles. The van der Waals surface area contributed by atoms with E-state index in [-0.39, 0.29) is 17.9 Å². The van der Waals surface area contributed by atoms with Gasteiger partial charge >= 0.3 is 0 Å². The highest BCUT2D eigenvalue weighted by Gasteiger charge is 2.29. The lowest BCUT2D eigenvalue weighted by atomic mass is 10.1. The molecule has 2 heterocycles. The molecular weight excluding hydrogens is 320 g/mol. The second-order valence-corrected chi connectivity index (χ2v) is 5.82. The van der Waals surface area contributed by atoms with E-state index in [1.165, 1.54) is 0 Å². The summed E-state index contributed by atoms with van der Waals surface area (Å²) < 4.78 is 5.58. The molecule has 2 aromatic rings. The van der Waals surface area contributed by atoms with Crippen molar-refractivity contribution in [3.05, 3.63) is 54.4 Å². The van der Waals surface area contributed by atoms with E-state index in [0.29, 0.717) is 29.9 Å². The van der Waals surface area contributed by atoms with E-state index >= 15 is 0 Å². The van der Waals surface area contributed by atoms with Gasteiger partial charge in [0, 0.05) is 35.9 Å². The summed E-state index contributed by atoms with van der Waals surface area (Å²) in [6, 6.07) is 10.2. The first-order valence-corrected chi connectivity index (χ1v) is 8.13. The number of nitrogens with one attached hydrogen (secondary N) is 2. The number of hydrogen-bond donors (Lipinski definition) is 3. The van der Waals surface area contributed by atoms with Crippen LogP contribution in [0.5, 0.6) is 0 Å². The molecule has 1 aromatic heterocycles. The summed E-state index contributed by atoms with van der Waals surface area (Å²) in [6.07, 6.45) is 4.07. The topological polar surface area (TPSA) is 106 Å². The van der Waals surface area contributed by atoms with Crippen LogP contribution in [0.2, 0.25) is 0 Å². The number of nitrogens with two attached hydrogens (primary N) is 1. The van der Waals surface area contributed by atoms with Gasteiger partial charge < -0.3 is 21.1 Å². The fraction of sp³-hybridized carbons (Fsp3) is 0.278. The van der Waals surface area contributed by atoms with Gasteiger partial charge in [0.05, 0.1) is 6.10 Å². The van der Waals surface area contributed by atoms with Gasteiger partial charge in [0.15, 0.2) is 0 Å². The third-order valence-corrected chi connectivity index (χ3v) is 3.99. The maximum atomic E-state index is 12.3. The van der Waals surface area contributed by atoms with Crippen LogP contribution in [-0.2, 0) is 9.53 Å². The summed E-state index contributed by atoms with van der Waals surface area (Å²) >= 11 is 0. The summed E-state index contributed by atoms with van der Waals surface area (Å²) in [5.41, 5.74) is 7.21. The second-order valence-electron chi connectivity index (χ2n) is 5.82. The molecule has 7 nitrogen and oxygen atoms in total. The number of amides is 2. The molecule has 0 radical (unpaired) electrons. The largest absolute Gasteiger partial charge is 0.364 e. The van der Waals surface area contributed by atoms with E-state index in [4.69, 9.17) is 10.5 Å². The van der Waals surface area contributed by atoms with Crippen LogP contribution in [0.25, 0.3) is 0 Å². The van der Waals surface area contributed by atoms with E-state index < -0.39 is 6.10 Å². The van der Waals surface area contributed by atoms with Crippen LogP contribution < -0.4 is 16.4 Å². The normalized spacial score (nSPS) is 19.4. The van der Waals surface area contributed by atoms with Crippen molar-refractivity contribution in [2.45, 2.75) is 25.0 Å². The molecule has 0 spiro atoms. The first-order chi connectivity index (χ1) is 12.2. The van der Waals surface area contributed by atoms with Crippen LogP contribution in [0.3, 0.4) is 0 Å². The molecule has 7 heteroatoms. The average molecular weight is 340 g/mol. The van der Waals surface area contributed by atoms with Crippen molar-refractivity contribution in [2.24, 2.45) is 5.73 Å². The predicted octanol–water partition coefficient (Wildman–Crippen LogP) is 1.78. The van der Waals surface area contributed by atoms with E-state index in [2.05, 4.69) is 15.6 Å². The Kier molecular flexibility index (Phi) is 5.37. The van der Waals surface area contributed by atoms with Crippen molar-refractivity contribution in [1.29, 1.82) is 0 Å². The Hall–Kier alpha value is -2.77. The SMILES string of the molecule is NC[C@H]1CC[C@@H](C(=O)Nc2cccc(C(=O)Nc3ccncc3)c2)O1. The third kappa shape index (κ3) is 4.40. The Labute approximate surface area is 145 Å². The lowest BCUT2D eigenvalue weighted by Gasteiger charge is -2.13. The van der Waals surface area contributed by atoms with Gasteiger partial charge in [-0.3, -0.25) is 14.6 Å². The lowest BCUT2D eigenvalue weighted by molar-refractivity contribution is -0.126. The fourth-order valence-electron chi connectivity index (χ4n) is 2.67. The van der Waals surface area contributed by atoms with E-state index in [0.717, 1.165) is 6.42 Å². The zero-order chi connectivity index (χ0) is 17.6. The number of rotatable bonds is 5. The molecule has 1 aliphatic heterocycles. The minimum absolute atomic E-state index is 0.0618. The monoisotopic (exact) mass is 340 g/mol. The Morgan fingerprint density at radius 2 is 1.92 bits per heavy atom. The molecule has 130 valence electrons. The smallest absolute Gasteiger partial charge is 0.255 e. The number of aromatic nitrogens is 1. The molecule has 4 N–H and O–H groups in total. The Balaban J connectivity index is 1.63. The quantitative estimate of drug-likeness (QED) is 0.769. The molecule has 25 heavy (non-hydrogen) atoms. The van der Waals surface area contributed by atoms with Crippen LogP contribution in [0, 0.1) is 0 Å². The molecule has 1 aliphatic rings. The molecule has 1 saturated heterocycles. The van der Waals surface area contributed by atoms with Gasteiger partial charge in [0.25, 0.3) is 11.8 Å². The van der Waals surface area contributed by atoms with Crippen molar-refractivity contribution in [3.8, 4) is 0 Å². The number of carbonyl (C=O) groups is 2. The van der Waals surface area contributed by atoms with Crippen LogP contribution in [0.15, 0.2) is 48.8 Å². The van der Waals surface area contributed by atoms with Gasteiger partial charge in [-0.25, -0.2) is 0 Å². The highest BCUT2D eigenvalue weighted by Crippen LogP contribution is 2.21. The first-order valence-electron chi connectivity index (χ1n) is 8.13. The molecule has 2 amide bonds. The highest BCUT2D eigenvalue weighted by molar-refractivity contribution is 6.05. The summed E-state index contributed by atoms with van der Waals surface area (Å²) in [4.78, 5) is 28.5. The fourth-order valence-corrected chi connectivity index (χ4v) is 2.67. The van der Waals surface area contributed by atoms with Gasteiger partial charge in [0.1, 0.15) is 6.10 Å². The van der Waals surface area contributed by atoms with E-state index in [1.54, 1.807) is 48.8 Å². The van der Waals surface area contributed by atoms with Gasteiger partial charge in [-0.05, 0) is 43.2 Å². The second kappa shape index (κ2) is 7.87. The van der Waals surface area contributed by atoms with E-state index in [9.17, 15) is 9.59 Å². The molecule has 3 rings (SSSR count). The van der Waals surface area contributed by atoms with Crippen molar-refractivity contribution < 1.29 is 14.3 Å². The van der Waals surface area contributed by atoms with Crippen LogP contribution in [0.1, 0.15) is 23.2 Å². The summed E-state index contributed by atoms with van der Waals surface area (Å²) in [5.74, 6) is -0.481. The number of ether oxygens (including phenoxy) is 1. The number of anilines is 2. The maximum absolute atomic E-state index is 12.3. The molecule has 0 bridgehead atoms. The van der Waals surface area contributed by atoms with Crippen LogP contribution in [0.4, 0.5) is 11.4 Å². The minimum Gasteiger partial charge on any atom is -0.364 e. The zero-order valence-electron chi connectivity index (χ0n) is 13.6. The van der Waals surface area contributed by atoms with Crippen molar-refractivity contribution in [3.63, 3.8) is 0 Å². The van der Waals surface area contributed by atoms with Gasteiger partial charge in [-0.15, -0.1) is 0 Å². The molecule has 0 unspecified atom stereocenters. The summed E-state index contributed by atoms with van der Waals surface area (Å²) in [7, 11) is 0. The molecule has 1 aromatic carbocycles.